The third kappa shape index (κ3) is 2.20. The molecule has 0 aromatic heterocycles. The summed E-state index contributed by atoms with van der Waals surface area (Å²) in [5.41, 5.74) is 1.30. The summed E-state index contributed by atoms with van der Waals surface area (Å²) >= 11 is 0. The molecule has 0 aliphatic rings. The van der Waals surface area contributed by atoms with Crippen molar-refractivity contribution in [2.75, 3.05) is 0 Å². The van der Waals surface area contributed by atoms with E-state index in [0.29, 0.717) is 0 Å². The molecule has 0 fully saturated rings. The highest BCUT2D eigenvalue weighted by molar-refractivity contribution is 6.42. The molecule has 0 heterocycles. The fourth-order valence-electron chi connectivity index (χ4n) is 5.55. The van der Waals surface area contributed by atoms with Gasteiger partial charge in [-0.2, -0.15) is 0 Å². The van der Waals surface area contributed by atoms with E-state index in [1.807, 2.05) is 0 Å². The predicted molar refractivity (Wildman–Crippen MR) is 136 cm³/mol. The summed E-state index contributed by atoms with van der Waals surface area (Å²) in [6, 6.07) is 38.1. The van der Waals surface area contributed by atoms with E-state index in [1.165, 1.54) is 70.2 Å². The fraction of sp³-hybridized carbons (Fsp3) is 0.0323. The summed E-state index contributed by atoms with van der Waals surface area (Å²) < 4.78 is 0. The van der Waals surface area contributed by atoms with Gasteiger partial charge in [-0.1, -0.05) is 109 Å². The minimum absolute atomic E-state index is 1.29. The van der Waals surface area contributed by atoms with Crippen molar-refractivity contribution in [2.24, 2.45) is 0 Å². The molecule has 0 amide bonds. The summed E-state index contributed by atoms with van der Waals surface area (Å²) in [5, 5.41) is 16.1. The fourth-order valence-corrected chi connectivity index (χ4v) is 5.55. The quantitative estimate of drug-likeness (QED) is 0.226. The molecular weight excluding hydrogens is 372 g/mol. The first-order chi connectivity index (χ1) is 15.3. The van der Waals surface area contributed by atoms with Gasteiger partial charge in [0.2, 0.25) is 0 Å². The molecule has 0 aliphatic heterocycles. The van der Waals surface area contributed by atoms with Crippen LogP contribution < -0.4 is 0 Å². The first kappa shape index (κ1) is 16.8. The number of aryl methyl sites for hydroxylation is 1. The van der Waals surface area contributed by atoms with Crippen molar-refractivity contribution >= 4 is 64.6 Å². The van der Waals surface area contributed by atoms with E-state index in [-0.39, 0.29) is 0 Å². The molecule has 0 bridgehead atoms. The second-order valence-electron chi connectivity index (χ2n) is 8.60. The summed E-state index contributed by atoms with van der Waals surface area (Å²) in [6.45, 7) is 2.19. The van der Waals surface area contributed by atoms with Gasteiger partial charge in [-0.25, -0.2) is 0 Å². The highest BCUT2D eigenvalue weighted by Crippen LogP contribution is 2.45. The highest BCUT2D eigenvalue weighted by atomic mass is 14.2. The van der Waals surface area contributed by atoms with Gasteiger partial charge in [-0.15, -0.1) is 0 Å². The van der Waals surface area contributed by atoms with Gasteiger partial charge in [0.25, 0.3) is 0 Å². The van der Waals surface area contributed by atoms with Crippen molar-refractivity contribution < 1.29 is 0 Å². The Morgan fingerprint density at radius 1 is 0.355 bits per heavy atom. The van der Waals surface area contributed by atoms with Crippen LogP contribution in [0.4, 0.5) is 0 Å². The van der Waals surface area contributed by atoms with Crippen LogP contribution in [0, 0.1) is 6.92 Å². The molecule has 0 radical (unpaired) electrons. The minimum atomic E-state index is 1.29. The van der Waals surface area contributed by atoms with Crippen LogP contribution in [0.15, 0.2) is 103 Å². The zero-order chi connectivity index (χ0) is 20.5. The third-order valence-corrected chi connectivity index (χ3v) is 6.85. The first-order valence-corrected chi connectivity index (χ1v) is 10.9. The van der Waals surface area contributed by atoms with E-state index in [2.05, 4.69) is 110 Å². The third-order valence-electron chi connectivity index (χ3n) is 6.85. The van der Waals surface area contributed by atoms with Gasteiger partial charge < -0.3 is 0 Å². The monoisotopic (exact) mass is 392 g/mol. The zero-order valence-electron chi connectivity index (χ0n) is 17.3. The van der Waals surface area contributed by atoms with Crippen LogP contribution in [0.2, 0.25) is 0 Å². The second-order valence-corrected chi connectivity index (χ2v) is 8.60. The molecule has 0 aliphatic carbocycles. The molecule has 0 N–H and O–H groups in total. The van der Waals surface area contributed by atoms with E-state index in [1.54, 1.807) is 0 Å². The van der Waals surface area contributed by atoms with Crippen molar-refractivity contribution in [1.29, 1.82) is 0 Å². The zero-order valence-corrected chi connectivity index (χ0v) is 17.3. The van der Waals surface area contributed by atoms with Gasteiger partial charge in [-0.05, 0) is 71.6 Å². The average molecular weight is 393 g/mol. The molecule has 7 aromatic rings. The second kappa shape index (κ2) is 6.06. The number of hydrogen-bond acceptors (Lipinski definition) is 0. The normalized spacial score (nSPS) is 12.0. The summed E-state index contributed by atoms with van der Waals surface area (Å²) in [5.74, 6) is 0. The highest BCUT2D eigenvalue weighted by Gasteiger charge is 2.17. The maximum Gasteiger partial charge on any atom is -0.000764 e. The smallest absolute Gasteiger partial charge is 0.000764 e. The molecule has 7 rings (SSSR count). The van der Waals surface area contributed by atoms with Crippen molar-refractivity contribution in [3.63, 3.8) is 0 Å². The van der Waals surface area contributed by atoms with Crippen LogP contribution in [0.5, 0.6) is 0 Å². The van der Waals surface area contributed by atoms with Crippen LogP contribution in [-0.4, -0.2) is 0 Å². The van der Waals surface area contributed by atoms with Gasteiger partial charge in [0, 0.05) is 0 Å². The largest absolute Gasteiger partial charge is 0.0616 e. The molecule has 0 nitrogen and oxygen atoms in total. The predicted octanol–water partition coefficient (Wildman–Crippen LogP) is 8.91. The van der Waals surface area contributed by atoms with Gasteiger partial charge in [0.1, 0.15) is 0 Å². The SMILES string of the molecule is Cc1ccc2c3ccc4ccccc4c3c3c4ccccc4c4ccccc4c3c2c1. The first-order valence-electron chi connectivity index (χ1n) is 10.9. The van der Waals surface area contributed by atoms with Crippen molar-refractivity contribution in [3.8, 4) is 0 Å². The molecule has 0 heteroatoms. The van der Waals surface area contributed by atoms with E-state index in [9.17, 15) is 0 Å². The number of rotatable bonds is 0. The van der Waals surface area contributed by atoms with Crippen LogP contribution in [0.25, 0.3) is 64.6 Å². The maximum atomic E-state index is 2.37. The van der Waals surface area contributed by atoms with Crippen LogP contribution in [-0.2, 0) is 0 Å². The van der Waals surface area contributed by atoms with Crippen molar-refractivity contribution in [1.82, 2.24) is 0 Å². The topological polar surface area (TPSA) is 0 Å². The van der Waals surface area contributed by atoms with Gasteiger partial charge in [0.05, 0.1) is 0 Å². The molecule has 0 unspecified atom stereocenters. The Morgan fingerprint density at radius 3 is 1.58 bits per heavy atom. The average Bonchev–Trinajstić information content (AvgIpc) is 2.83. The Hall–Kier alpha value is -3.90. The molecule has 31 heavy (non-hydrogen) atoms. The summed E-state index contributed by atoms with van der Waals surface area (Å²) in [4.78, 5) is 0. The number of hydrogen-bond donors (Lipinski definition) is 0. The lowest BCUT2D eigenvalue weighted by molar-refractivity contribution is 1.51. The molecule has 144 valence electrons. The number of benzene rings is 7. The van der Waals surface area contributed by atoms with Crippen molar-refractivity contribution in [3.05, 3.63) is 109 Å². The maximum absolute atomic E-state index is 2.37. The Kier molecular flexibility index (Phi) is 3.29. The Labute approximate surface area is 180 Å². The van der Waals surface area contributed by atoms with Crippen LogP contribution in [0.1, 0.15) is 5.56 Å². The Bertz CT molecular complexity index is 1840. The summed E-state index contributed by atoms with van der Waals surface area (Å²) in [6.07, 6.45) is 0. The van der Waals surface area contributed by atoms with Crippen molar-refractivity contribution in [2.45, 2.75) is 6.92 Å². The van der Waals surface area contributed by atoms with E-state index in [4.69, 9.17) is 0 Å². The van der Waals surface area contributed by atoms with E-state index >= 15 is 0 Å². The van der Waals surface area contributed by atoms with Gasteiger partial charge in [-0.3, -0.25) is 0 Å². The standard InChI is InChI=1S/C31H20/c1-19-14-16-24-27-17-15-20-8-2-3-9-21(20)29(27)31-26-13-7-5-11-23(26)22-10-4-6-12-25(22)30(31)28(24)18-19/h2-18H,1H3. The minimum Gasteiger partial charge on any atom is -0.0616 e. The van der Waals surface area contributed by atoms with Crippen LogP contribution >= 0.6 is 0 Å². The summed E-state index contributed by atoms with van der Waals surface area (Å²) in [7, 11) is 0. The molecule has 0 saturated heterocycles. The number of fused-ring (bicyclic) bond motifs is 13. The van der Waals surface area contributed by atoms with Crippen LogP contribution in [0.3, 0.4) is 0 Å². The van der Waals surface area contributed by atoms with Gasteiger partial charge in [0.15, 0.2) is 0 Å². The molecule has 0 saturated carbocycles. The lowest BCUT2D eigenvalue weighted by Gasteiger charge is -2.18. The molecule has 7 aromatic carbocycles. The molecule has 0 atom stereocenters. The Morgan fingerprint density at radius 2 is 0.839 bits per heavy atom. The lowest BCUT2D eigenvalue weighted by Crippen LogP contribution is -1.90. The van der Waals surface area contributed by atoms with E-state index in [0.717, 1.165) is 0 Å². The van der Waals surface area contributed by atoms with E-state index < -0.39 is 0 Å². The molecular formula is C31H20. The lowest BCUT2D eigenvalue weighted by atomic mass is 9.85. The van der Waals surface area contributed by atoms with Gasteiger partial charge >= 0.3 is 0 Å². The molecule has 0 spiro atoms. The Balaban J connectivity index is 1.99.